The van der Waals surface area contributed by atoms with Crippen molar-refractivity contribution in [2.24, 2.45) is 0 Å². The van der Waals surface area contributed by atoms with Crippen LogP contribution in [0.2, 0.25) is 5.54 Å². The van der Waals surface area contributed by atoms with E-state index >= 15 is 0 Å². The highest BCUT2D eigenvalue weighted by Gasteiger charge is 2.03. The molecular formula is C6H13Si+. The van der Waals surface area contributed by atoms with Crippen molar-refractivity contribution in [1.82, 2.24) is 0 Å². The smallest absolute Gasteiger partial charge is 0.0276 e. The van der Waals surface area contributed by atoms with Crippen LogP contribution in [0.4, 0.5) is 0 Å². The Balaban J connectivity index is 3.45. The lowest BCUT2D eigenvalue weighted by atomic mass is 10.6. The molecule has 0 heterocycles. The van der Waals surface area contributed by atoms with E-state index in [-0.39, 0.29) is 0 Å². The molecule has 0 aromatic heterocycles. The van der Waals surface area contributed by atoms with E-state index in [0.717, 1.165) is 14.7 Å². The Morgan fingerprint density at radius 2 is 1.71 bits per heavy atom. The molecule has 0 nitrogen and oxygen atoms in total. The Morgan fingerprint density at radius 3 is 1.71 bits per heavy atom. The molecule has 1 heteroatoms. The van der Waals surface area contributed by atoms with Gasteiger partial charge in [-0.15, -0.1) is 0 Å². The fourth-order valence-electron chi connectivity index (χ4n) is 0.577. The van der Waals surface area contributed by atoms with Gasteiger partial charge in [0.15, 0.2) is 0 Å². The Kier molecular flexibility index (Phi) is 3.18. The van der Waals surface area contributed by atoms with E-state index in [4.69, 9.17) is 0 Å². The minimum Gasteiger partial charge on any atom is -0.0276 e. The fourth-order valence-corrected chi connectivity index (χ4v) is 1.73. The van der Waals surface area contributed by atoms with Crippen molar-refractivity contribution < 1.29 is 0 Å². The molecule has 0 unspecified atom stereocenters. The predicted octanol–water partition coefficient (Wildman–Crippen LogP) is 1.73. The molecular weight excluding hydrogens is 100 g/mol. The van der Waals surface area contributed by atoms with Gasteiger partial charge in [-0.1, -0.05) is 0 Å². The quantitative estimate of drug-likeness (QED) is 0.454. The molecule has 40 valence electrons. The lowest BCUT2D eigenvalue weighted by molar-refractivity contribution is 1.07. The highest BCUT2D eigenvalue weighted by atomic mass is 28.2. The Bertz CT molecular complexity index is 68.2. The van der Waals surface area contributed by atoms with Gasteiger partial charge in [-0.2, -0.15) is 0 Å². The summed E-state index contributed by atoms with van der Waals surface area (Å²) in [6, 6.07) is 0. The lowest BCUT2D eigenvalue weighted by Crippen LogP contribution is -1.94. The van der Waals surface area contributed by atoms with Gasteiger partial charge in [0.25, 0.3) is 0 Å². The van der Waals surface area contributed by atoms with Crippen LogP contribution in [0.25, 0.3) is 0 Å². The second-order valence-corrected chi connectivity index (χ2v) is 4.74. The largest absolute Gasteiger partial charge is 0.439 e. The molecule has 0 atom stereocenters. The van der Waals surface area contributed by atoms with Crippen molar-refractivity contribution in [2.75, 3.05) is 0 Å². The van der Waals surface area contributed by atoms with Gasteiger partial charge in [0.1, 0.15) is 5.54 Å². The van der Waals surface area contributed by atoms with Gasteiger partial charge in [-0.05, 0) is 27.7 Å². The van der Waals surface area contributed by atoms with Gasteiger partial charge < -0.3 is 0 Å². The molecule has 0 rings (SSSR count). The first-order valence-electron chi connectivity index (χ1n) is 2.69. The van der Waals surface area contributed by atoms with Crippen LogP contribution in [0, 0.1) is 0 Å². The van der Waals surface area contributed by atoms with E-state index in [0.29, 0.717) is 0 Å². The minimum atomic E-state index is 0.866. The van der Waals surface area contributed by atoms with Crippen LogP contribution < -0.4 is 0 Å². The molecule has 0 saturated heterocycles. The third-order valence-electron chi connectivity index (χ3n) is 0.577. The summed E-state index contributed by atoms with van der Waals surface area (Å²) in [5.41, 5.74) is 0.866. The summed E-state index contributed by atoms with van der Waals surface area (Å²) in [4.78, 5) is 0. The summed E-state index contributed by atoms with van der Waals surface area (Å²) in [5.74, 6) is 0. The molecule has 0 aliphatic carbocycles. The van der Waals surface area contributed by atoms with E-state index in [1.54, 1.807) is 5.17 Å². The second-order valence-electron chi connectivity index (χ2n) is 2.30. The zero-order valence-electron chi connectivity index (χ0n) is 5.58. The first-order valence-corrected chi connectivity index (χ1v) is 3.77. The number of rotatable bonds is 1. The van der Waals surface area contributed by atoms with Crippen molar-refractivity contribution in [3.63, 3.8) is 0 Å². The van der Waals surface area contributed by atoms with E-state index < -0.39 is 0 Å². The zero-order valence-corrected chi connectivity index (χ0v) is 6.58. The van der Waals surface area contributed by atoms with Crippen LogP contribution in [-0.2, 0) is 0 Å². The van der Waals surface area contributed by atoms with Crippen LogP contribution >= 0.6 is 0 Å². The topological polar surface area (TPSA) is 0 Å². The molecule has 0 bridgehead atoms. The van der Waals surface area contributed by atoms with Gasteiger partial charge in [0.05, 0.1) is 5.17 Å². The summed E-state index contributed by atoms with van der Waals surface area (Å²) in [6.45, 7) is 8.90. The summed E-state index contributed by atoms with van der Waals surface area (Å²) in [5, 5.41) is 1.56. The molecule has 7 heavy (non-hydrogen) atoms. The maximum Gasteiger partial charge on any atom is 0.439 e. The number of hydrogen-bond donors (Lipinski definition) is 0. The second kappa shape index (κ2) is 3.14. The Hall–Kier alpha value is 0.0869. The van der Waals surface area contributed by atoms with Gasteiger partial charge in [-0.25, -0.2) is 0 Å². The maximum atomic E-state index is 2.26. The number of hydrogen-bond acceptors (Lipinski definition) is 0. The molecule has 0 saturated carbocycles. The molecule has 0 spiro atoms. The van der Waals surface area contributed by atoms with Crippen molar-refractivity contribution >= 4 is 14.3 Å². The fraction of sp³-hybridized carbons (Fsp3) is 0.833. The summed E-state index contributed by atoms with van der Waals surface area (Å²) in [7, 11) is 1.06. The van der Waals surface area contributed by atoms with Crippen molar-refractivity contribution in [1.29, 1.82) is 0 Å². The standard InChI is InChI=1S/C6H13Si/c1-5(2)7-6(3)4/h5H,1-4H3/q+1. The molecule has 0 aromatic carbocycles. The van der Waals surface area contributed by atoms with E-state index in [2.05, 4.69) is 27.7 Å². The average molecular weight is 113 g/mol. The molecule has 0 aliphatic rings. The Labute approximate surface area is 48.4 Å². The first-order chi connectivity index (χ1) is 3.13. The summed E-state index contributed by atoms with van der Waals surface area (Å²) < 4.78 is 0. The van der Waals surface area contributed by atoms with Gasteiger partial charge in [-0.3, -0.25) is 0 Å². The average Bonchev–Trinajstić information content (AvgIpc) is 1.27. The Morgan fingerprint density at radius 1 is 1.29 bits per heavy atom. The van der Waals surface area contributed by atoms with Crippen LogP contribution in [0.1, 0.15) is 27.7 Å². The maximum absolute atomic E-state index is 2.26. The molecule has 0 N–H and O–H groups in total. The summed E-state index contributed by atoms with van der Waals surface area (Å²) >= 11 is 0. The monoisotopic (exact) mass is 113 g/mol. The molecule has 0 aromatic rings. The lowest BCUT2D eigenvalue weighted by Gasteiger charge is -1.74. The van der Waals surface area contributed by atoms with Crippen LogP contribution in [0.3, 0.4) is 0 Å². The zero-order chi connectivity index (χ0) is 5.86. The van der Waals surface area contributed by atoms with Crippen molar-refractivity contribution in [3.8, 4) is 0 Å². The molecule has 0 fully saturated rings. The van der Waals surface area contributed by atoms with E-state index in [9.17, 15) is 0 Å². The van der Waals surface area contributed by atoms with Crippen LogP contribution in [0.5, 0.6) is 0 Å². The first kappa shape index (κ1) is 7.09. The summed E-state index contributed by atoms with van der Waals surface area (Å²) in [6.07, 6.45) is 0. The van der Waals surface area contributed by atoms with Gasteiger partial charge in [0, 0.05) is 0 Å². The van der Waals surface area contributed by atoms with Gasteiger partial charge in [0.2, 0.25) is 0 Å². The van der Waals surface area contributed by atoms with Crippen LogP contribution in [-0.4, -0.2) is 14.3 Å². The highest BCUT2D eigenvalue weighted by molar-refractivity contribution is 6.54. The molecule has 0 amide bonds. The third-order valence-corrected chi connectivity index (χ3v) is 1.73. The third kappa shape index (κ3) is 6.09. The van der Waals surface area contributed by atoms with Crippen molar-refractivity contribution in [2.45, 2.75) is 33.2 Å². The van der Waals surface area contributed by atoms with Crippen LogP contribution in [0.15, 0.2) is 0 Å². The molecule has 0 radical (unpaired) electrons. The molecule has 0 aliphatic heterocycles. The highest BCUT2D eigenvalue weighted by Crippen LogP contribution is 1.91. The van der Waals surface area contributed by atoms with Gasteiger partial charge >= 0.3 is 9.13 Å². The SMILES string of the molecule is CC(C)=[Si+]C(C)C. The predicted molar refractivity (Wildman–Crippen MR) is 37.2 cm³/mol. The van der Waals surface area contributed by atoms with E-state index in [1.165, 1.54) is 0 Å². The minimum absolute atomic E-state index is 0.866. The normalized spacial score (nSPS) is 8.71. The van der Waals surface area contributed by atoms with E-state index in [1.807, 2.05) is 0 Å². The van der Waals surface area contributed by atoms with Crippen molar-refractivity contribution in [3.05, 3.63) is 0 Å².